The van der Waals surface area contributed by atoms with Gasteiger partial charge >= 0.3 is 0 Å². The van der Waals surface area contributed by atoms with Crippen molar-refractivity contribution in [2.24, 2.45) is 0 Å². The fraction of sp³-hybridized carbons (Fsp3) is 0.545. The van der Waals surface area contributed by atoms with E-state index in [1.165, 1.54) is 12.4 Å². The van der Waals surface area contributed by atoms with Crippen LogP contribution in [0.4, 0.5) is 0 Å². The van der Waals surface area contributed by atoms with Crippen molar-refractivity contribution in [1.82, 2.24) is 15.3 Å². The van der Waals surface area contributed by atoms with Crippen molar-refractivity contribution in [3.05, 3.63) is 23.2 Å². The molecule has 1 N–H and O–H groups in total. The number of amides is 1. The average Bonchev–Trinajstić information content (AvgIpc) is 2.83. The van der Waals surface area contributed by atoms with Gasteiger partial charge in [0.05, 0.1) is 24.5 Å². The molecule has 2 heterocycles. The molecular formula is C11H14ClN3O2. The van der Waals surface area contributed by atoms with Crippen LogP contribution in [0.15, 0.2) is 12.4 Å². The highest BCUT2D eigenvalue weighted by atomic mass is 35.5. The largest absolute Gasteiger partial charge is 0.376 e. The van der Waals surface area contributed by atoms with E-state index in [-0.39, 0.29) is 28.9 Å². The van der Waals surface area contributed by atoms with Crippen LogP contribution in [0.25, 0.3) is 0 Å². The Kier molecular flexibility index (Phi) is 3.91. The van der Waals surface area contributed by atoms with Crippen molar-refractivity contribution in [1.29, 1.82) is 0 Å². The second-order valence-corrected chi connectivity index (χ2v) is 4.43. The predicted molar refractivity (Wildman–Crippen MR) is 62.9 cm³/mol. The van der Waals surface area contributed by atoms with Gasteiger partial charge in [-0.3, -0.25) is 4.79 Å². The summed E-state index contributed by atoms with van der Waals surface area (Å²) in [4.78, 5) is 19.5. The summed E-state index contributed by atoms with van der Waals surface area (Å²) in [6.07, 6.45) is 4.84. The molecule has 2 unspecified atom stereocenters. The maximum absolute atomic E-state index is 11.8. The van der Waals surface area contributed by atoms with Gasteiger partial charge in [-0.05, 0) is 19.8 Å². The molecule has 0 aliphatic carbocycles. The minimum Gasteiger partial charge on any atom is -0.376 e. The summed E-state index contributed by atoms with van der Waals surface area (Å²) in [6.45, 7) is 2.70. The number of aromatic nitrogens is 2. The first kappa shape index (κ1) is 12.3. The fourth-order valence-electron chi connectivity index (χ4n) is 1.80. The number of nitrogens with zero attached hydrogens (tertiary/aromatic N) is 2. The van der Waals surface area contributed by atoms with Gasteiger partial charge in [0, 0.05) is 6.61 Å². The lowest BCUT2D eigenvalue weighted by Gasteiger charge is -2.19. The SMILES string of the molecule is CC(NC(=O)c1cnc(Cl)cn1)C1CCCO1. The van der Waals surface area contributed by atoms with Crippen molar-refractivity contribution in [2.75, 3.05) is 6.61 Å². The number of nitrogens with one attached hydrogen (secondary N) is 1. The lowest BCUT2D eigenvalue weighted by Crippen LogP contribution is -2.41. The second kappa shape index (κ2) is 5.42. The van der Waals surface area contributed by atoms with Crippen LogP contribution in [0.1, 0.15) is 30.3 Å². The van der Waals surface area contributed by atoms with Crippen molar-refractivity contribution >= 4 is 17.5 Å². The molecule has 1 aromatic heterocycles. The summed E-state index contributed by atoms with van der Waals surface area (Å²) in [5, 5.41) is 3.12. The Morgan fingerprint density at radius 2 is 2.41 bits per heavy atom. The summed E-state index contributed by atoms with van der Waals surface area (Å²) in [5.41, 5.74) is 0.263. The highest BCUT2D eigenvalue weighted by molar-refractivity contribution is 6.29. The third kappa shape index (κ3) is 3.14. The summed E-state index contributed by atoms with van der Waals surface area (Å²) in [6, 6.07) is -0.0255. The Balaban J connectivity index is 1.94. The van der Waals surface area contributed by atoms with Gasteiger partial charge in [0.25, 0.3) is 5.91 Å². The maximum atomic E-state index is 11.8. The van der Waals surface area contributed by atoms with E-state index in [1.807, 2.05) is 6.92 Å². The molecule has 1 aliphatic rings. The highest BCUT2D eigenvalue weighted by Gasteiger charge is 2.24. The third-order valence-corrected chi connectivity index (χ3v) is 2.93. The average molecular weight is 256 g/mol. The lowest BCUT2D eigenvalue weighted by atomic mass is 10.1. The van der Waals surface area contributed by atoms with Crippen LogP contribution < -0.4 is 5.32 Å². The topological polar surface area (TPSA) is 64.1 Å². The van der Waals surface area contributed by atoms with Crippen molar-refractivity contribution in [3.8, 4) is 0 Å². The molecule has 17 heavy (non-hydrogen) atoms. The van der Waals surface area contributed by atoms with Gasteiger partial charge in [-0.2, -0.15) is 0 Å². The number of hydrogen-bond acceptors (Lipinski definition) is 4. The van der Waals surface area contributed by atoms with Gasteiger partial charge in [-0.15, -0.1) is 0 Å². The lowest BCUT2D eigenvalue weighted by molar-refractivity contribution is 0.0709. The number of halogens is 1. The molecule has 1 aromatic rings. The Morgan fingerprint density at radius 3 is 3.00 bits per heavy atom. The summed E-state index contributed by atoms with van der Waals surface area (Å²) >= 11 is 5.60. The molecule has 1 saturated heterocycles. The summed E-state index contributed by atoms with van der Waals surface area (Å²) < 4.78 is 5.50. The Bertz CT molecular complexity index is 390. The first-order valence-corrected chi connectivity index (χ1v) is 5.94. The van der Waals surface area contributed by atoms with Gasteiger partial charge in [-0.25, -0.2) is 9.97 Å². The van der Waals surface area contributed by atoms with Crippen LogP contribution in [-0.2, 0) is 4.74 Å². The number of carbonyl (C=O) groups is 1. The van der Waals surface area contributed by atoms with Crippen LogP contribution in [-0.4, -0.2) is 34.6 Å². The Hall–Kier alpha value is -1.20. The zero-order chi connectivity index (χ0) is 12.3. The molecular weight excluding hydrogens is 242 g/mol. The van der Waals surface area contributed by atoms with Crippen molar-refractivity contribution < 1.29 is 9.53 Å². The zero-order valence-corrected chi connectivity index (χ0v) is 10.3. The number of rotatable bonds is 3. The van der Waals surface area contributed by atoms with Crippen LogP contribution in [0.2, 0.25) is 5.15 Å². The van der Waals surface area contributed by atoms with E-state index in [0.29, 0.717) is 0 Å². The van der Waals surface area contributed by atoms with E-state index in [0.717, 1.165) is 19.4 Å². The highest BCUT2D eigenvalue weighted by Crippen LogP contribution is 2.15. The van der Waals surface area contributed by atoms with E-state index in [2.05, 4.69) is 15.3 Å². The molecule has 1 fully saturated rings. The molecule has 0 bridgehead atoms. The fourth-order valence-corrected chi connectivity index (χ4v) is 1.90. The van der Waals surface area contributed by atoms with Gasteiger partial charge in [-0.1, -0.05) is 11.6 Å². The van der Waals surface area contributed by atoms with Gasteiger partial charge < -0.3 is 10.1 Å². The smallest absolute Gasteiger partial charge is 0.271 e. The molecule has 1 aliphatic heterocycles. The number of hydrogen-bond donors (Lipinski definition) is 1. The first-order valence-electron chi connectivity index (χ1n) is 5.57. The summed E-state index contributed by atoms with van der Waals surface area (Å²) in [7, 11) is 0. The molecule has 0 saturated carbocycles. The molecule has 5 nitrogen and oxygen atoms in total. The third-order valence-electron chi connectivity index (χ3n) is 2.73. The van der Waals surface area contributed by atoms with Crippen molar-refractivity contribution in [2.45, 2.75) is 31.9 Å². The predicted octanol–water partition coefficient (Wildman–Crippen LogP) is 1.43. The minimum atomic E-state index is -0.253. The normalized spacial score (nSPS) is 21.2. The Morgan fingerprint density at radius 1 is 1.59 bits per heavy atom. The zero-order valence-electron chi connectivity index (χ0n) is 9.52. The maximum Gasteiger partial charge on any atom is 0.271 e. The molecule has 6 heteroatoms. The minimum absolute atomic E-state index is 0.0255. The number of ether oxygens (including phenoxy) is 1. The molecule has 92 valence electrons. The van der Waals surface area contributed by atoms with Gasteiger partial charge in [0.15, 0.2) is 0 Å². The molecule has 2 rings (SSSR count). The molecule has 0 aromatic carbocycles. The van der Waals surface area contributed by atoms with Crippen LogP contribution in [0.3, 0.4) is 0 Å². The standard InChI is InChI=1S/C11H14ClN3O2/c1-7(9-3-2-4-17-9)15-11(16)8-5-14-10(12)6-13-8/h5-7,9H,2-4H2,1H3,(H,15,16). The van der Waals surface area contributed by atoms with Crippen LogP contribution >= 0.6 is 11.6 Å². The quantitative estimate of drug-likeness (QED) is 0.887. The van der Waals surface area contributed by atoms with E-state index in [9.17, 15) is 4.79 Å². The van der Waals surface area contributed by atoms with Gasteiger partial charge in [0.1, 0.15) is 10.8 Å². The Labute approximate surface area is 105 Å². The van der Waals surface area contributed by atoms with Crippen LogP contribution in [0, 0.1) is 0 Å². The van der Waals surface area contributed by atoms with E-state index in [1.54, 1.807) is 0 Å². The van der Waals surface area contributed by atoms with Crippen LogP contribution in [0.5, 0.6) is 0 Å². The molecule has 0 spiro atoms. The second-order valence-electron chi connectivity index (χ2n) is 4.04. The molecule has 1 amide bonds. The van der Waals surface area contributed by atoms with Crippen molar-refractivity contribution in [3.63, 3.8) is 0 Å². The number of carbonyl (C=O) groups excluding carboxylic acids is 1. The first-order chi connectivity index (χ1) is 8.16. The van der Waals surface area contributed by atoms with E-state index >= 15 is 0 Å². The van der Waals surface area contributed by atoms with Gasteiger partial charge in [0.2, 0.25) is 0 Å². The molecule has 0 radical (unpaired) electrons. The molecule has 2 atom stereocenters. The summed E-state index contributed by atoms with van der Waals surface area (Å²) in [5.74, 6) is -0.253. The van der Waals surface area contributed by atoms with E-state index in [4.69, 9.17) is 16.3 Å². The van der Waals surface area contributed by atoms with E-state index < -0.39 is 0 Å². The monoisotopic (exact) mass is 255 g/mol.